The Morgan fingerprint density at radius 1 is 1.19 bits per heavy atom. The van der Waals surface area contributed by atoms with Crippen molar-refractivity contribution in [2.24, 2.45) is 0 Å². The predicted molar refractivity (Wildman–Crippen MR) is 107 cm³/mol. The molecule has 1 aromatic carbocycles. The van der Waals surface area contributed by atoms with Crippen LogP contribution in [-0.2, 0) is 19.3 Å². The van der Waals surface area contributed by atoms with Crippen LogP contribution in [0.4, 0.5) is 4.79 Å². The number of piperazine rings is 1. The molecule has 1 unspecified atom stereocenters. The standard InChI is InChI=1S/C20H27N5OS/c1-15-22-23-19(27-15)8-9-21-20(26)25-12-10-24(11-13-25)18-7-6-16-4-2-3-5-17(16)14-18/h2-5,18H,6-14H2,1H3,(H,21,26). The number of carbonyl (C=O) groups is 1. The lowest BCUT2D eigenvalue weighted by Crippen LogP contribution is -2.55. The van der Waals surface area contributed by atoms with Crippen LogP contribution in [0.15, 0.2) is 24.3 Å². The third kappa shape index (κ3) is 4.47. The van der Waals surface area contributed by atoms with Crippen molar-refractivity contribution < 1.29 is 4.79 Å². The molecular formula is C20H27N5OS. The van der Waals surface area contributed by atoms with Crippen molar-refractivity contribution >= 4 is 17.4 Å². The predicted octanol–water partition coefficient (Wildman–Crippen LogP) is 2.27. The number of aryl methyl sites for hydroxylation is 2. The van der Waals surface area contributed by atoms with Gasteiger partial charge in [-0.3, -0.25) is 4.90 Å². The average molecular weight is 386 g/mol. The van der Waals surface area contributed by atoms with E-state index < -0.39 is 0 Å². The van der Waals surface area contributed by atoms with Crippen molar-refractivity contribution in [2.45, 2.75) is 38.6 Å². The molecule has 2 amide bonds. The summed E-state index contributed by atoms with van der Waals surface area (Å²) in [5.41, 5.74) is 3.01. The summed E-state index contributed by atoms with van der Waals surface area (Å²) in [6.07, 6.45) is 4.29. The zero-order valence-electron chi connectivity index (χ0n) is 15.9. The first-order chi connectivity index (χ1) is 13.2. The second-order valence-corrected chi connectivity index (χ2v) is 8.65. The van der Waals surface area contributed by atoms with Gasteiger partial charge in [-0.2, -0.15) is 0 Å². The van der Waals surface area contributed by atoms with Crippen molar-refractivity contribution in [1.29, 1.82) is 0 Å². The van der Waals surface area contributed by atoms with Gasteiger partial charge in [-0.05, 0) is 37.3 Å². The third-order valence-electron chi connectivity index (χ3n) is 5.62. The molecule has 1 aromatic heterocycles. The maximum Gasteiger partial charge on any atom is 0.317 e. The van der Waals surface area contributed by atoms with E-state index in [2.05, 4.69) is 44.7 Å². The maximum atomic E-state index is 12.4. The van der Waals surface area contributed by atoms with Crippen molar-refractivity contribution in [3.05, 3.63) is 45.4 Å². The van der Waals surface area contributed by atoms with Gasteiger partial charge < -0.3 is 10.2 Å². The van der Waals surface area contributed by atoms with E-state index in [9.17, 15) is 4.79 Å². The number of nitrogens with one attached hydrogen (secondary N) is 1. The molecule has 1 atom stereocenters. The molecule has 1 fully saturated rings. The van der Waals surface area contributed by atoms with Gasteiger partial charge in [0.05, 0.1) is 0 Å². The minimum atomic E-state index is 0.0462. The van der Waals surface area contributed by atoms with E-state index in [1.54, 1.807) is 11.3 Å². The number of amides is 2. The molecule has 2 aromatic rings. The van der Waals surface area contributed by atoms with Gasteiger partial charge >= 0.3 is 6.03 Å². The number of nitrogens with zero attached hydrogens (tertiary/aromatic N) is 4. The molecule has 1 N–H and O–H groups in total. The summed E-state index contributed by atoms with van der Waals surface area (Å²) in [7, 11) is 0. The Labute approximate surface area is 164 Å². The maximum absolute atomic E-state index is 12.4. The van der Waals surface area contributed by atoms with E-state index >= 15 is 0 Å². The summed E-state index contributed by atoms with van der Waals surface area (Å²) in [5.74, 6) is 0. The first-order valence-corrected chi connectivity index (χ1v) is 10.6. The first-order valence-electron chi connectivity index (χ1n) is 9.81. The highest BCUT2D eigenvalue weighted by atomic mass is 32.1. The molecule has 2 heterocycles. The Bertz CT molecular complexity index is 784. The molecule has 6 nitrogen and oxygen atoms in total. The zero-order valence-corrected chi connectivity index (χ0v) is 16.7. The summed E-state index contributed by atoms with van der Waals surface area (Å²) in [6, 6.07) is 9.48. The van der Waals surface area contributed by atoms with Crippen LogP contribution in [0.25, 0.3) is 0 Å². The molecular weight excluding hydrogens is 358 g/mol. The van der Waals surface area contributed by atoms with Crippen molar-refractivity contribution in [3.63, 3.8) is 0 Å². The number of aromatic nitrogens is 2. The van der Waals surface area contributed by atoms with E-state index in [0.717, 1.165) is 49.0 Å². The molecule has 1 aliphatic heterocycles. The van der Waals surface area contributed by atoms with Gasteiger partial charge in [0.1, 0.15) is 10.0 Å². The third-order valence-corrected chi connectivity index (χ3v) is 6.52. The summed E-state index contributed by atoms with van der Waals surface area (Å²) in [6.45, 7) is 6.12. The van der Waals surface area contributed by atoms with Crippen LogP contribution in [0.1, 0.15) is 27.6 Å². The minimum Gasteiger partial charge on any atom is -0.338 e. The molecule has 7 heteroatoms. The summed E-state index contributed by atoms with van der Waals surface area (Å²) >= 11 is 1.59. The lowest BCUT2D eigenvalue weighted by Gasteiger charge is -2.41. The topological polar surface area (TPSA) is 61.4 Å². The van der Waals surface area contributed by atoms with Crippen LogP contribution in [0.3, 0.4) is 0 Å². The highest BCUT2D eigenvalue weighted by Crippen LogP contribution is 2.25. The Morgan fingerprint density at radius 2 is 1.96 bits per heavy atom. The van der Waals surface area contributed by atoms with Crippen LogP contribution in [-0.4, -0.2) is 64.8 Å². The molecule has 0 radical (unpaired) electrons. The number of fused-ring (bicyclic) bond motifs is 1. The van der Waals surface area contributed by atoms with E-state index in [1.165, 1.54) is 24.0 Å². The molecule has 4 rings (SSSR count). The molecule has 0 spiro atoms. The first kappa shape index (κ1) is 18.4. The largest absolute Gasteiger partial charge is 0.338 e. The van der Waals surface area contributed by atoms with Crippen molar-refractivity contribution in [1.82, 2.24) is 25.3 Å². The fourth-order valence-electron chi connectivity index (χ4n) is 4.11. The second kappa shape index (κ2) is 8.35. The number of hydrogen-bond acceptors (Lipinski definition) is 5. The number of carbonyl (C=O) groups excluding carboxylic acids is 1. The van der Waals surface area contributed by atoms with Gasteiger partial charge in [-0.1, -0.05) is 24.3 Å². The smallest absolute Gasteiger partial charge is 0.317 e. The van der Waals surface area contributed by atoms with Gasteiger partial charge in [0.2, 0.25) is 0 Å². The fraction of sp³-hybridized carbons (Fsp3) is 0.550. The van der Waals surface area contributed by atoms with Gasteiger partial charge in [0.15, 0.2) is 0 Å². The number of rotatable bonds is 4. The lowest BCUT2D eigenvalue weighted by atomic mass is 9.87. The Kier molecular flexibility index (Phi) is 5.69. The number of urea groups is 1. The molecule has 27 heavy (non-hydrogen) atoms. The SMILES string of the molecule is Cc1nnc(CCNC(=O)N2CCN(C3CCc4ccccc4C3)CC2)s1. The normalized spacial score (nSPS) is 20.3. The van der Waals surface area contributed by atoms with Gasteiger partial charge in [0.25, 0.3) is 0 Å². The zero-order chi connectivity index (χ0) is 18.6. The van der Waals surface area contributed by atoms with Crippen molar-refractivity contribution in [3.8, 4) is 0 Å². The van der Waals surface area contributed by atoms with Crippen LogP contribution >= 0.6 is 11.3 Å². The molecule has 0 saturated carbocycles. The average Bonchev–Trinajstić information content (AvgIpc) is 3.12. The summed E-state index contributed by atoms with van der Waals surface area (Å²) in [5, 5.41) is 13.1. The number of hydrogen-bond donors (Lipinski definition) is 1. The summed E-state index contributed by atoms with van der Waals surface area (Å²) < 4.78 is 0. The Morgan fingerprint density at radius 3 is 2.70 bits per heavy atom. The Balaban J connectivity index is 1.21. The van der Waals surface area contributed by atoms with Gasteiger partial charge in [-0.15, -0.1) is 21.5 Å². The van der Waals surface area contributed by atoms with E-state index in [1.807, 2.05) is 11.8 Å². The van der Waals surface area contributed by atoms with Gasteiger partial charge in [-0.25, -0.2) is 4.79 Å². The Hall–Kier alpha value is -1.99. The second-order valence-electron chi connectivity index (χ2n) is 7.39. The molecule has 1 aliphatic carbocycles. The van der Waals surface area contributed by atoms with Crippen molar-refractivity contribution in [2.75, 3.05) is 32.7 Å². The van der Waals surface area contributed by atoms with Crippen LogP contribution in [0, 0.1) is 6.92 Å². The lowest BCUT2D eigenvalue weighted by molar-refractivity contribution is 0.101. The minimum absolute atomic E-state index is 0.0462. The highest BCUT2D eigenvalue weighted by Gasteiger charge is 2.28. The molecule has 0 bridgehead atoms. The quantitative estimate of drug-likeness (QED) is 0.877. The van der Waals surface area contributed by atoms with Gasteiger partial charge in [0, 0.05) is 45.2 Å². The number of benzene rings is 1. The fourth-order valence-corrected chi connectivity index (χ4v) is 4.82. The monoisotopic (exact) mass is 385 g/mol. The molecule has 1 saturated heterocycles. The van der Waals surface area contributed by atoms with Crippen LogP contribution in [0.2, 0.25) is 0 Å². The molecule has 144 valence electrons. The summed E-state index contributed by atoms with van der Waals surface area (Å²) in [4.78, 5) is 16.9. The van der Waals surface area contributed by atoms with Crippen LogP contribution in [0.5, 0.6) is 0 Å². The molecule has 2 aliphatic rings. The highest BCUT2D eigenvalue weighted by molar-refractivity contribution is 7.11. The van der Waals surface area contributed by atoms with E-state index in [-0.39, 0.29) is 6.03 Å². The van der Waals surface area contributed by atoms with Crippen LogP contribution < -0.4 is 5.32 Å². The van der Waals surface area contributed by atoms with E-state index in [4.69, 9.17) is 0 Å². The van der Waals surface area contributed by atoms with E-state index in [0.29, 0.717) is 12.6 Å².